The Kier molecular flexibility index (Phi) is 4.10. The van der Waals surface area contributed by atoms with E-state index in [4.69, 9.17) is 11.6 Å². The van der Waals surface area contributed by atoms with Crippen molar-refractivity contribution in [2.45, 2.75) is 11.3 Å². The number of aromatic nitrogens is 3. The lowest BCUT2D eigenvalue weighted by Gasteiger charge is -2.05. The molecule has 0 aliphatic carbocycles. The number of hydrogen-bond donors (Lipinski definition) is 1. The van der Waals surface area contributed by atoms with Crippen molar-refractivity contribution in [3.05, 3.63) is 59.8 Å². The Bertz CT molecular complexity index is 858. The predicted octanol–water partition coefficient (Wildman–Crippen LogP) is 1.90. The second kappa shape index (κ2) is 6.04. The Morgan fingerprint density at radius 3 is 2.82 bits per heavy atom. The molecule has 0 unspecified atom stereocenters. The lowest BCUT2D eigenvalue weighted by atomic mass is 10.3. The van der Waals surface area contributed by atoms with Crippen LogP contribution in [0.2, 0.25) is 5.15 Å². The van der Waals surface area contributed by atoms with Gasteiger partial charge in [-0.05, 0) is 24.3 Å². The number of imidazole rings is 1. The number of sulfonamides is 1. The van der Waals surface area contributed by atoms with Crippen molar-refractivity contribution in [2.24, 2.45) is 0 Å². The van der Waals surface area contributed by atoms with E-state index in [0.717, 1.165) is 11.3 Å². The van der Waals surface area contributed by atoms with Gasteiger partial charge in [0.25, 0.3) is 0 Å². The molecule has 8 heteroatoms. The van der Waals surface area contributed by atoms with E-state index >= 15 is 0 Å². The van der Waals surface area contributed by atoms with Crippen LogP contribution in [0.3, 0.4) is 0 Å². The summed E-state index contributed by atoms with van der Waals surface area (Å²) in [5, 5.41) is 0.253. The van der Waals surface area contributed by atoms with Crippen molar-refractivity contribution < 1.29 is 8.42 Å². The van der Waals surface area contributed by atoms with Crippen LogP contribution in [0.4, 0.5) is 0 Å². The zero-order chi connectivity index (χ0) is 15.6. The van der Waals surface area contributed by atoms with Gasteiger partial charge in [0.1, 0.15) is 15.7 Å². The largest absolute Gasteiger partial charge is 0.307 e. The van der Waals surface area contributed by atoms with E-state index in [0.29, 0.717) is 6.42 Å². The summed E-state index contributed by atoms with van der Waals surface area (Å²) in [6.07, 6.45) is 5.51. The Morgan fingerprint density at radius 1 is 1.23 bits per heavy atom. The Hall–Kier alpha value is -1.96. The predicted molar refractivity (Wildman–Crippen MR) is 83.3 cm³/mol. The van der Waals surface area contributed by atoms with Gasteiger partial charge >= 0.3 is 0 Å². The van der Waals surface area contributed by atoms with Gasteiger partial charge in [-0.1, -0.05) is 17.7 Å². The second-order valence-electron chi connectivity index (χ2n) is 4.66. The third-order valence-corrected chi connectivity index (χ3v) is 4.77. The minimum Gasteiger partial charge on any atom is -0.307 e. The number of pyridine rings is 2. The smallest absolute Gasteiger partial charge is 0.242 e. The number of fused-ring (bicyclic) bond motifs is 1. The van der Waals surface area contributed by atoms with Crippen molar-refractivity contribution in [1.82, 2.24) is 19.1 Å². The van der Waals surface area contributed by atoms with Crippen molar-refractivity contribution in [3.8, 4) is 0 Å². The van der Waals surface area contributed by atoms with Gasteiger partial charge in [0.2, 0.25) is 10.0 Å². The maximum Gasteiger partial charge on any atom is 0.242 e. The molecule has 0 atom stereocenters. The average Bonchev–Trinajstić information content (AvgIpc) is 2.90. The first-order valence-electron chi connectivity index (χ1n) is 6.58. The summed E-state index contributed by atoms with van der Waals surface area (Å²) < 4.78 is 28.6. The fourth-order valence-electron chi connectivity index (χ4n) is 2.03. The van der Waals surface area contributed by atoms with E-state index < -0.39 is 10.0 Å². The summed E-state index contributed by atoms with van der Waals surface area (Å²) in [5.41, 5.74) is 1.66. The molecule has 3 aromatic rings. The third-order valence-electron chi connectivity index (χ3n) is 3.10. The molecular weight excluding hydrogens is 324 g/mol. The number of nitrogens with zero attached hydrogens (tertiary/aromatic N) is 3. The second-order valence-corrected chi connectivity index (χ2v) is 6.82. The Labute approximate surface area is 132 Å². The molecule has 22 heavy (non-hydrogen) atoms. The standard InChI is InChI=1S/C14H13ClN4O2S/c15-13-5-4-12(9-16-13)22(20,21)17-7-6-11-10-19-8-2-1-3-14(19)18-11/h1-5,8-10,17H,6-7H2. The van der Waals surface area contributed by atoms with Gasteiger partial charge in [-0.25, -0.2) is 23.1 Å². The van der Waals surface area contributed by atoms with E-state index in [2.05, 4.69) is 14.7 Å². The fourth-order valence-corrected chi connectivity index (χ4v) is 3.11. The first-order chi connectivity index (χ1) is 10.5. The van der Waals surface area contributed by atoms with Gasteiger partial charge in [0.15, 0.2) is 0 Å². The van der Waals surface area contributed by atoms with E-state index in [9.17, 15) is 8.42 Å². The fraction of sp³-hybridized carbons (Fsp3) is 0.143. The van der Waals surface area contributed by atoms with Crippen LogP contribution >= 0.6 is 11.6 Å². The molecule has 0 bridgehead atoms. The van der Waals surface area contributed by atoms with Crippen molar-refractivity contribution >= 4 is 27.3 Å². The molecule has 0 radical (unpaired) electrons. The van der Waals surface area contributed by atoms with E-state index in [1.807, 2.05) is 35.0 Å². The highest BCUT2D eigenvalue weighted by molar-refractivity contribution is 7.89. The summed E-state index contributed by atoms with van der Waals surface area (Å²) in [7, 11) is -3.58. The molecule has 1 N–H and O–H groups in total. The van der Waals surface area contributed by atoms with Crippen LogP contribution in [0.1, 0.15) is 5.69 Å². The van der Waals surface area contributed by atoms with E-state index in [-0.39, 0.29) is 16.6 Å². The zero-order valence-electron chi connectivity index (χ0n) is 11.5. The topological polar surface area (TPSA) is 76.4 Å². The van der Waals surface area contributed by atoms with E-state index in [1.165, 1.54) is 18.3 Å². The molecule has 114 valence electrons. The van der Waals surface area contributed by atoms with Gasteiger partial charge in [-0.2, -0.15) is 0 Å². The SMILES string of the molecule is O=S(=O)(NCCc1cn2ccccc2n1)c1ccc(Cl)nc1. The molecule has 3 rings (SSSR count). The monoisotopic (exact) mass is 336 g/mol. The molecule has 6 nitrogen and oxygen atoms in total. The lowest BCUT2D eigenvalue weighted by molar-refractivity contribution is 0.581. The molecule has 0 amide bonds. The Balaban J connectivity index is 1.65. The number of rotatable bonds is 5. The van der Waals surface area contributed by atoms with Gasteiger partial charge < -0.3 is 4.40 Å². The molecule has 0 aliphatic heterocycles. The minimum atomic E-state index is -3.58. The van der Waals surface area contributed by atoms with Crippen LogP contribution in [-0.4, -0.2) is 29.3 Å². The summed E-state index contributed by atoms with van der Waals surface area (Å²) in [6, 6.07) is 8.57. The van der Waals surface area contributed by atoms with Gasteiger partial charge in [0.05, 0.1) is 5.69 Å². The van der Waals surface area contributed by atoms with Crippen molar-refractivity contribution in [1.29, 1.82) is 0 Å². The first-order valence-corrected chi connectivity index (χ1v) is 8.44. The molecular formula is C14H13ClN4O2S. The van der Waals surface area contributed by atoms with Crippen molar-refractivity contribution in [3.63, 3.8) is 0 Å². The number of hydrogen-bond acceptors (Lipinski definition) is 4. The van der Waals surface area contributed by atoms with Crippen LogP contribution in [0.5, 0.6) is 0 Å². The Morgan fingerprint density at radius 2 is 2.09 bits per heavy atom. The van der Waals surface area contributed by atoms with Gasteiger partial charge in [-0.3, -0.25) is 0 Å². The lowest BCUT2D eigenvalue weighted by Crippen LogP contribution is -2.26. The highest BCUT2D eigenvalue weighted by Crippen LogP contribution is 2.11. The van der Waals surface area contributed by atoms with Crippen LogP contribution in [-0.2, 0) is 16.4 Å². The van der Waals surface area contributed by atoms with Crippen LogP contribution in [0, 0.1) is 0 Å². The molecule has 0 fully saturated rings. The van der Waals surface area contributed by atoms with Crippen molar-refractivity contribution in [2.75, 3.05) is 6.54 Å². The summed E-state index contributed by atoms with van der Waals surface area (Å²) >= 11 is 5.65. The molecule has 0 spiro atoms. The molecule has 3 aromatic heterocycles. The number of halogens is 1. The highest BCUT2D eigenvalue weighted by Gasteiger charge is 2.14. The maximum absolute atomic E-state index is 12.1. The molecule has 0 aromatic carbocycles. The molecule has 0 saturated carbocycles. The first kappa shape index (κ1) is 15.0. The normalized spacial score (nSPS) is 11.9. The van der Waals surface area contributed by atoms with Gasteiger partial charge in [-0.15, -0.1) is 0 Å². The summed E-state index contributed by atoms with van der Waals surface area (Å²) in [5.74, 6) is 0. The number of nitrogens with one attached hydrogen (secondary N) is 1. The van der Waals surface area contributed by atoms with E-state index in [1.54, 1.807) is 0 Å². The minimum absolute atomic E-state index is 0.0897. The van der Waals surface area contributed by atoms with Crippen LogP contribution in [0.25, 0.3) is 5.65 Å². The summed E-state index contributed by atoms with van der Waals surface area (Å²) in [6.45, 7) is 0.259. The maximum atomic E-state index is 12.1. The zero-order valence-corrected chi connectivity index (χ0v) is 13.0. The van der Waals surface area contributed by atoms with Crippen LogP contribution in [0.15, 0.2) is 53.8 Å². The summed E-state index contributed by atoms with van der Waals surface area (Å²) in [4.78, 5) is 8.28. The third kappa shape index (κ3) is 3.27. The molecule has 0 aliphatic rings. The highest BCUT2D eigenvalue weighted by atomic mass is 35.5. The van der Waals surface area contributed by atoms with Crippen LogP contribution < -0.4 is 4.72 Å². The molecule has 0 saturated heterocycles. The average molecular weight is 337 g/mol. The molecule has 3 heterocycles. The quantitative estimate of drug-likeness (QED) is 0.722. The van der Waals surface area contributed by atoms with Gasteiger partial charge in [0, 0.05) is 31.6 Å².